The summed E-state index contributed by atoms with van der Waals surface area (Å²) in [6, 6.07) is 1.82. The molecule has 2 aromatic heterocycles. The fourth-order valence-electron chi connectivity index (χ4n) is 2.83. The fraction of sp³-hybridized carbons (Fsp3) is 0.600. The standard InChI is InChI=1S/C15H23N7O/c1-20(2)7-8-23-11-12-9-22(15-16-5-4-6-17-15)10-13-14(12)21(3)19-18-13/h4-6,12H,7-11H2,1-3H3. The van der Waals surface area contributed by atoms with E-state index in [4.69, 9.17) is 4.74 Å². The van der Waals surface area contributed by atoms with Crippen molar-refractivity contribution in [3.63, 3.8) is 0 Å². The number of rotatable bonds is 6. The van der Waals surface area contributed by atoms with Gasteiger partial charge in [-0.1, -0.05) is 5.21 Å². The van der Waals surface area contributed by atoms with Crippen molar-refractivity contribution in [3.8, 4) is 0 Å². The van der Waals surface area contributed by atoms with Gasteiger partial charge in [-0.2, -0.15) is 0 Å². The topological polar surface area (TPSA) is 72.2 Å². The van der Waals surface area contributed by atoms with E-state index in [1.165, 1.54) is 0 Å². The predicted molar refractivity (Wildman–Crippen MR) is 86.2 cm³/mol. The van der Waals surface area contributed by atoms with Gasteiger partial charge < -0.3 is 14.5 Å². The molecule has 0 amide bonds. The van der Waals surface area contributed by atoms with Crippen molar-refractivity contribution in [1.29, 1.82) is 0 Å². The molecular weight excluding hydrogens is 294 g/mol. The van der Waals surface area contributed by atoms with Gasteiger partial charge in [-0.15, -0.1) is 5.10 Å². The molecule has 0 fully saturated rings. The second kappa shape index (κ2) is 7.01. The summed E-state index contributed by atoms with van der Waals surface area (Å²) in [4.78, 5) is 12.9. The Labute approximate surface area is 136 Å². The molecule has 0 N–H and O–H groups in total. The smallest absolute Gasteiger partial charge is 0.225 e. The first-order chi connectivity index (χ1) is 11.1. The molecule has 8 nitrogen and oxygen atoms in total. The highest BCUT2D eigenvalue weighted by atomic mass is 16.5. The van der Waals surface area contributed by atoms with Gasteiger partial charge in [-0.25, -0.2) is 9.97 Å². The van der Waals surface area contributed by atoms with Crippen LogP contribution in [0, 0.1) is 0 Å². The number of hydrogen-bond donors (Lipinski definition) is 0. The largest absolute Gasteiger partial charge is 0.379 e. The van der Waals surface area contributed by atoms with Crippen LogP contribution >= 0.6 is 0 Å². The van der Waals surface area contributed by atoms with E-state index in [1.54, 1.807) is 12.4 Å². The molecule has 0 spiro atoms. The summed E-state index contributed by atoms with van der Waals surface area (Å²) in [6.45, 7) is 3.76. The van der Waals surface area contributed by atoms with Gasteiger partial charge >= 0.3 is 0 Å². The van der Waals surface area contributed by atoms with E-state index >= 15 is 0 Å². The first kappa shape index (κ1) is 15.8. The maximum absolute atomic E-state index is 5.87. The lowest BCUT2D eigenvalue weighted by Crippen LogP contribution is -2.37. The average molecular weight is 317 g/mol. The maximum Gasteiger partial charge on any atom is 0.225 e. The first-order valence-electron chi connectivity index (χ1n) is 7.78. The lowest BCUT2D eigenvalue weighted by atomic mass is 9.99. The van der Waals surface area contributed by atoms with E-state index < -0.39 is 0 Å². The third-order valence-electron chi connectivity index (χ3n) is 3.95. The van der Waals surface area contributed by atoms with E-state index in [2.05, 4.69) is 30.1 Å². The van der Waals surface area contributed by atoms with Gasteiger partial charge in [0, 0.05) is 38.4 Å². The minimum absolute atomic E-state index is 0.213. The SMILES string of the molecule is CN(C)CCOCC1CN(c2ncccn2)Cc2nnn(C)c21. The summed E-state index contributed by atoms with van der Waals surface area (Å²) in [7, 11) is 6.02. The zero-order valence-electron chi connectivity index (χ0n) is 13.9. The van der Waals surface area contributed by atoms with Crippen molar-refractivity contribution >= 4 is 5.95 Å². The van der Waals surface area contributed by atoms with Gasteiger partial charge in [0.2, 0.25) is 5.95 Å². The van der Waals surface area contributed by atoms with Crippen molar-refractivity contribution < 1.29 is 4.74 Å². The number of aryl methyl sites for hydroxylation is 1. The number of ether oxygens (including phenoxy) is 1. The number of likely N-dealkylation sites (N-methyl/N-ethyl adjacent to an activating group) is 1. The molecule has 1 aliphatic heterocycles. The quantitative estimate of drug-likeness (QED) is 0.709. The second-order valence-electron chi connectivity index (χ2n) is 6.05. The van der Waals surface area contributed by atoms with Crippen molar-refractivity contribution in [2.24, 2.45) is 7.05 Å². The van der Waals surface area contributed by atoms with Crippen LogP contribution in [0.5, 0.6) is 0 Å². The molecule has 1 unspecified atom stereocenters. The molecule has 0 bridgehead atoms. The van der Waals surface area contributed by atoms with Crippen LogP contribution in [-0.2, 0) is 18.3 Å². The minimum atomic E-state index is 0.213. The van der Waals surface area contributed by atoms with Crippen LogP contribution in [0.2, 0.25) is 0 Å². The lowest BCUT2D eigenvalue weighted by molar-refractivity contribution is 0.103. The monoisotopic (exact) mass is 317 g/mol. The molecule has 1 aliphatic rings. The number of fused-ring (bicyclic) bond motifs is 1. The molecule has 3 heterocycles. The highest BCUT2D eigenvalue weighted by molar-refractivity contribution is 5.36. The normalized spacial score (nSPS) is 17.6. The molecule has 8 heteroatoms. The van der Waals surface area contributed by atoms with Crippen LogP contribution < -0.4 is 4.90 Å². The summed E-state index contributed by atoms with van der Waals surface area (Å²) in [5.74, 6) is 0.937. The summed E-state index contributed by atoms with van der Waals surface area (Å²) in [6.07, 6.45) is 3.52. The Kier molecular flexibility index (Phi) is 4.82. The van der Waals surface area contributed by atoms with Crippen molar-refractivity contribution in [2.75, 3.05) is 45.3 Å². The number of aromatic nitrogens is 5. The summed E-state index contributed by atoms with van der Waals surface area (Å²) in [5.41, 5.74) is 2.13. The Hall–Kier alpha value is -2.06. The summed E-state index contributed by atoms with van der Waals surface area (Å²) < 4.78 is 7.73. The molecule has 2 aromatic rings. The van der Waals surface area contributed by atoms with E-state index in [9.17, 15) is 0 Å². The molecule has 0 radical (unpaired) electrons. The Morgan fingerprint density at radius 3 is 2.83 bits per heavy atom. The van der Waals surface area contributed by atoms with E-state index in [0.29, 0.717) is 19.8 Å². The van der Waals surface area contributed by atoms with Crippen LogP contribution in [0.25, 0.3) is 0 Å². The second-order valence-corrected chi connectivity index (χ2v) is 6.05. The molecule has 23 heavy (non-hydrogen) atoms. The van der Waals surface area contributed by atoms with E-state index in [1.807, 2.05) is 31.9 Å². The molecule has 0 saturated carbocycles. The number of anilines is 1. The Bertz CT molecular complexity index is 628. The Morgan fingerprint density at radius 1 is 1.30 bits per heavy atom. The first-order valence-corrected chi connectivity index (χ1v) is 7.78. The lowest BCUT2D eigenvalue weighted by Gasteiger charge is -2.32. The molecule has 0 aromatic carbocycles. The maximum atomic E-state index is 5.87. The van der Waals surface area contributed by atoms with Gasteiger partial charge in [-0.05, 0) is 20.2 Å². The molecular formula is C15H23N7O. The molecule has 124 valence electrons. The molecule has 1 atom stereocenters. The molecule has 3 rings (SSSR count). The fourth-order valence-corrected chi connectivity index (χ4v) is 2.83. The van der Waals surface area contributed by atoms with Crippen LogP contribution in [-0.4, -0.2) is 70.3 Å². The third-order valence-corrected chi connectivity index (χ3v) is 3.95. The summed E-state index contributed by atoms with van der Waals surface area (Å²) in [5, 5.41) is 8.46. The van der Waals surface area contributed by atoms with Crippen molar-refractivity contribution in [1.82, 2.24) is 29.9 Å². The van der Waals surface area contributed by atoms with Crippen molar-refractivity contribution in [3.05, 3.63) is 29.8 Å². The molecule has 0 aliphatic carbocycles. The Morgan fingerprint density at radius 2 is 2.09 bits per heavy atom. The highest BCUT2D eigenvalue weighted by Gasteiger charge is 2.31. The summed E-state index contributed by atoms with van der Waals surface area (Å²) >= 11 is 0. The van der Waals surface area contributed by atoms with Gasteiger partial charge in [0.05, 0.1) is 25.5 Å². The predicted octanol–water partition coefficient (Wildman–Crippen LogP) is 0.287. The average Bonchev–Trinajstić information content (AvgIpc) is 2.93. The van der Waals surface area contributed by atoms with E-state index in [-0.39, 0.29) is 5.92 Å². The number of hydrogen-bond acceptors (Lipinski definition) is 7. The third kappa shape index (κ3) is 3.65. The van der Waals surface area contributed by atoms with Gasteiger partial charge in [-0.3, -0.25) is 4.68 Å². The number of nitrogens with zero attached hydrogens (tertiary/aromatic N) is 7. The van der Waals surface area contributed by atoms with Crippen LogP contribution in [0.1, 0.15) is 17.3 Å². The van der Waals surface area contributed by atoms with Gasteiger partial charge in [0.25, 0.3) is 0 Å². The van der Waals surface area contributed by atoms with E-state index in [0.717, 1.165) is 30.4 Å². The van der Waals surface area contributed by atoms with Crippen LogP contribution in [0.4, 0.5) is 5.95 Å². The van der Waals surface area contributed by atoms with Gasteiger partial charge in [0.15, 0.2) is 0 Å². The Balaban J connectivity index is 1.73. The zero-order valence-corrected chi connectivity index (χ0v) is 13.9. The van der Waals surface area contributed by atoms with Gasteiger partial charge in [0.1, 0.15) is 5.69 Å². The minimum Gasteiger partial charge on any atom is -0.379 e. The highest BCUT2D eigenvalue weighted by Crippen LogP contribution is 2.28. The van der Waals surface area contributed by atoms with Crippen LogP contribution in [0.15, 0.2) is 18.5 Å². The molecule has 0 saturated heterocycles. The van der Waals surface area contributed by atoms with Crippen molar-refractivity contribution in [2.45, 2.75) is 12.5 Å². The zero-order chi connectivity index (χ0) is 16.2. The van der Waals surface area contributed by atoms with Crippen LogP contribution in [0.3, 0.4) is 0 Å².